The molecule has 0 spiro atoms. The van der Waals surface area contributed by atoms with Crippen molar-refractivity contribution in [2.75, 3.05) is 20.1 Å². The van der Waals surface area contributed by atoms with Gasteiger partial charge in [-0.25, -0.2) is 0 Å². The van der Waals surface area contributed by atoms with Gasteiger partial charge in [-0.3, -0.25) is 14.4 Å². The van der Waals surface area contributed by atoms with Crippen LogP contribution in [0.1, 0.15) is 45.4 Å². The Hall–Kier alpha value is -1.59. The summed E-state index contributed by atoms with van der Waals surface area (Å²) in [6.07, 6.45) is 3.92. The van der Waals surface area contributed by atoms with Crippen LogP contribution >= 0.6 is 0 Å². The molecule has 120 valence electrons. The van der Waals surface area contributed by atoms with Crippen LogP contribution in [-0.2, 0) is 14.4 Å². The third-order valence-corrected chi connectivity index (χ3v) is 4.03. The molecule has 1 heterocycles. The van der Waals surface area contributed by atoms with Crippen LogP contribution in [0.2, 0.25) is 0 Å². The van der Waals surface area contributed by atoms with Crippen LogP contribution in [0.4, 0.5) is 0 Å². The highest BCUT2D eigenvalue weighted by Gasteiger charge is 2.31. The van der Waals surface area contributed by atoms with Crippen molar-refractivity contribution in [1.29, 1.82) is 0 Å². The highest BCUT2D eigenvalue weighted by Crippen LogP contribution is 2.18. The van der Waals surface area contributed by atoms with E-state index in [1.165, 1.54) is 0 Å². The number of likely N-dealkylation sites (tertiary alicyclic amines) is 1. The van der Waals surface area contributed by atoms with Crippen LogP contribution in [-0.4, -0.2) is 47.9 Å². The average Bonchev–Trinajstić information content (AvgIpc) is 2.76. The molecule has 2 atom stereocenters. The van der Waals surface area contributed by atoms with E-state index in [-0.39, 0.29) is 24.2 Å². The Labute approximate surface area is 125 Å². The van der Waals surface area contributed by atoms with Gasteiger partial charge in [-0.2, -0.15) is 0 Å². The smallest absolute Gasteiger partial charge is 0.303 e. The van der Waals surface area contributed by atoms with Crippen molar-refractivity contribution in [1.82, 2.24) is 10.2 Å². The van der Waals surface area contributed by atoms with Crippen LogP contribution in [0.15, 0.2) is 0 Å². The van der Waals surface area contributed by atoms with E-state index in [1.54, 1.807) is 11.9 Å². The number of carboxylic acids is 1. The maximum Gasteiger partial charge on any atom is 0.303 e. The minimum Gasteiger partial charge on any atom is -0.481 e. The van der Waals surface area contributed by atoms with E-state index in [1.807, 2.05) is 0 Å². The summed E-state index contributed by atoms with van der Waals surface area (Å²) < 4.78 is 0. The van der Waals surface area contributed by atoms with Crippen molar-refractivity contribution < 1.29 is 19.5 Å². The van der Waals surface area contributed by atoms with E-state index >= 15 is 0 Å². The number of carbonyl (C=O) groups excluding carboxylic acids is 2. The second kappa shape index (κ2) is 8.64. The topological polar surface area (TPSA) is 86.7 Å². The van der Waals surface area contributed by atoms with E-state index in [4.69, 9.17) is 5.11 Å². The number of rotatable bonds is 9. The lowest BCUT2D eigenvalue weighted by Gasteiger charge is -2.16. The Morgan fingerprint density at radius 3 is 2.62 bits per heavy atom. The van der Waals surface area contributed by atoms with Crippen molar-refractivity contribution in [3.05, 3.63) is 0 Å². The number of hydrogen-bond donors (Lipinski definition) is 2. The van der Waals surface area contributed by atoms with Crippen LogP contribution in [0.3, 0.4) is 0 Å². The van der Waals surface area contributed by atoms with Gasteiger partial charge in [0, 0.05) is 33.0 Å². The number of carbonyl (C=O) groups is 3. The fourth-order valence-electron chi connectivity index (χ4n) is 2.75. The van der Waals surface area contributed by atoms with Gasteiger partial charge in [0.05, 0.1) is 5.92 Å². The lowest BCUT2D eigenvalue weighted by atomic mass is 9.94. The van der Waals surface area contributed by atoms with E-state index in [0.717, 1.165) is 19.3 Å². The Balaban J connectivity index is 2.28. The van der Waals surface area contributed by atoms with E-state index in [0.29, 0.717) is 31.8 Å². The molecule has 0 saturated carbocycles. The summed E-state index contributed by atoms with van der Waals surface area (Å²) in [6, 6.07) is 0. The van der Waals surface area contributed by atoms with Gasteiger partial charge in [-0.05, 0) is 18.8 Å². The molecule has 1 fully saturated rings. The first kappa shape index (κ1) is 17.5. The Kier molecular flexibility index (Phi) is 7.19. The highest BCUT2D eigenvalue weighted by atomic mass is 16.4. The standard InChI is InChI=1S/C15H26N2O4/c1-3-4-11(5-6-14(19)20)7-8-16-15(21)12-9-13(18)17(2)10-12/h11-12H,3-10H2,1-2H3,(H,16,21)(H,19,20). The van der Waals surface area contributed by atoms with Gasteiger partial charge in [0.2, 0.25) is 11.8 Å². The molecular formula is C15H26N2O4. The number of carboxylic acid groups (broad SMARTS) is 1. The SMILES string of the molecule is CCCC(CCNC(=O)C1CC(=O)N(C)C1)CCC(=O)O. The molecule has 2 amide bonds. The van der Waals surface area contributed by atoms with Crippen LogP contribution < -0.4 is 5.32 Å². The highest BCUT2D eigenvalue weighted by molar-refractivity contribution is 5.89. The summed E-state index contributed by atoms with van der Waals surface area (Å²) in [5.41, 5.74) is 0. The number of amides is 2. The van der Waals surface area contributed by atoms with Crippen molar-refractivity contribution in [2.45, 2.75) is 45.4 Å². The molecule has 0 aromatic heterocycles. The Morgan fingerprint density at radius 2 is 2.10 bits per heavy atom. The second-order valence-corrected chi connectivity index (χ2v) is 5.84. The predicted octanol–water partition coefficient (Wildman–Crippen LogP) is 1.25. The molecule has 0 radical (unpaired) electrons. The summed E-state index contributed by atoms with van der Waals surface area (Å²) in [4.78, 5) is 35.6. The first-order valence-electron chi connectivity index (χ1n) is 7.67. The van der Waals surface area contributed by atoms with E-state index in [9.17, 15) is 14.4 Å². The molecule has 1 saturated heterocycles. The lowest BCUT2D eigenvalue weighted by Crippen LogP contribution is -2.33. The number of nitrogens with one attached hydrogen (secondary N) is 1. The number of hydrogen-bond acceptors (Lipinski definition) is 3. The van der Waals surface area contributed by atoms with Gasteiger partial charge < -0.3 is 15.3 Å². The number of nitrogens with zero attached hydrogens (tertiary/aromatic N) is 1. The van der Waals surface area contributed by atoms with Crippen molar-refractivity contribution in [2.24, 2.45) is 11.8 Å². The molecule has 1 aliphatic heterocycles. The molecule has 0 aromatic rings. The fourth-order valence-corrected chi connectivity index (χ4v) is 2.75. The lowest BCUT2D eigenvalue weighted by molar-refractivity contribution is -0.137. The van der Waals surface area contributed by atoms with E-state index < -0.39 is 5.97 Å². The van der Waals surface area contributed by atoms with E-state index in [2.05, 4.69) is 12.2 Å². The molecule has 0 aromatic carbocycles. The average molecular weight is 298 g/mol. The Bertz CT molecular complexity index is 384. The second-order valence-electron chi connectivity index (χ2n) is 5.84. The zero-order valence-corrected chi connectivity index (χ0v) is 12.9. The summed E-state index contributed by atoms with van der Waals surface area (Å²) >= 11 is 0. The molecule has 0 bridgehead atoms. The maximum atomic E-state index is 12.0. The van der Waals surface area contributed by atoms with Gasteiger partial charge in [0.1, 0.15) is 0 Å². The molecule has 2 unspecified atom stereocenters. The molecule has 1 rings (SSSR count). The first-order valence-corrected chi connectivity index (χ1v) is 7.67. The van der Waals surface area contributed by atoms with Crippen molar-refractivity contribution >= 4 is 17.8 Å². The normalized spacial score (nSPS) is 19.6. The van der Waals surface area contributed by atoms with Gasteiger partial charge in [-0.1, -0.05) is 19.8 Å². The molecule has 0 aliphatic carbocycles. The largest absolute Gasteiger partial charge is 0.481 e. The van der Waals surface area contributed by atoms with Crippen LogP contribution in [0.5, 0.6) is 0 Å². The first-order chi connectivity index (χ1) is 9.93. The van der Waals surface area contributed by atoms with Gasteiger partial charge >= 0.3 is 5.97 Å². The molecular weight excluding hydrogens is 272 g/mol. The summed E-state index contributed by atoms with van der Waals surface area (Å²) in [7, 11) is 1.71. The maximum absolute atomic E-state index is 12.0. The zero-order chi connectivity index (χ0) is 15.8. The van der Waals surface area contributed by atoms with Crippen LogP contribution in [0.25, 0.3) is 0 Å². The third kappa shape index (κ3) is 6.14. The van der Waals surface area contributed by atoms with Gasteiger partial charge in [-0.15, -0.1) is 0 Å². The minimum atomic E-state index is -0.771. The molecule has 2 N–H and O–H groups in total. The molecule has 1 aliphatic rings. The number of aliphatic carboxylic acids is 1. The fraction of sp³-hybridized carbons (Fsp3) is 0.800. The monoisotopic (exact) mass is 298 g/mol. The summed E-state index contributed by atoms with van der Waals surface area (Å²) in [6.45, 7) is 3.12. The third-order valence-electron chi connectivity index (χ3n) is 4.03. The summed E-state index contributed by atoms with van der Waals surface area (Å²) in [5, 5.41) is 11.6. The van der Waals surface area contributed by atoms with Crippen LogP contribution in [0, 0.1) is 11.8 Å². The summed E-state index contributed by atoms with van der Waals surface area (Å²) in [5.74, 6) is -0.736. The predicted molar refractivity (Wildman–Crippen MR) is 78.6 cm³/mol. The minimum absolute atomic E-state index is 0.0143. The van der Waals surface area contributed by atoms with Crippen molar-refractivity contribution in [3.63, 3.8) is 0 Å². The van der Waals surface area contributed by atoms with Gasteiger partial charge in [0.15, 0.2) is 0 Å². The quantitative estimate of drug-likeness (QED) is 0.671. The molecule has 6 heteroatoms. The zero-order valence-electron chi connectivity index (χ0n) is 12.9. The molecule has 6 nitrogen and oxygen atoms in total. The Morgan fingerprint density at radius 1 is 1.38 bits per heavy atom. The van der Waals surface area contributed by atoms with Gasteiger partial charge in [0.25, 0.3) is 0 Å². The molecule has 21 heavy (non-hydrogen) atoms. The van der Waals surface area contributed by atoms with Crippen molar-refractivity contribution in [3.8, 4) is 0 Å².